The summed E-state index contributed by atoms with van der Waals surface area (Å²) in [7, 11) is 1.56. The van der Waals surface area contributed by atoms with Gasteiger partial charge in [0.25, 0.3) is 0 Å². The average molecular weight is 479 g/mol. The molecule has 36 heavy (non-hydrogen) atoms. The van der Waals surface area contributed by atoms with Gasteiger partial charge in [0.2, 0.25) is 5.91 Å². The van der Waals surface area contributed by atoms with Crippen molar-refractivity contribution in [2.75, 3.05) is 12.4 Å². The Morgan fingerprint density at radius 3 is 2.44 bits per heavy atom. The fourth-order valence-corrected chi connectivity index (χ4v) is 3.61. The molecule has 0 fully saturated rings. The Kier molecular flexibility index (Phi) is 8.13. The summed E-state index contributed by atoms with van der Waals surface area (Å²) in [5.74, 6) is 0.854. The van der Waals surface area contributed by atoms with Crippen molar-refractivity contribution in [3.8, 4) is 17.6 Å². The minimum atomic E-state index is -0.708. The standard InChI is InChI=1S/C29H26N4O3/c1-35-27-17-23(12-15-26(27)36-20-25-9-5-6-16-31-25)28(33-24-13-10-21(18-30)11-14-24)29(34)32-19-22-7-3-2-4-8-22/h2-17,28,33H,19-20H2,1H3,(H,32,34)/t28-/m1/s1. The van der Waals surface area contributed by atoms with Gasteiger partial charge in [0.1, 0.15) is 12.6 Å². The summed E-state index contributed by atoms with van der Waals surface area (Å²) >= 11 is 0. The van der Waals surface area contributed by atoms with Crippen molar-refractivity contribution in [2.45, 2.75) is 19.2 Å². The van der Waals surface area contributed by atoms with E-state index < -0.39 is 6.04 Å². The highest BCUT2D eigenvalue weighted by Gasteiger charge is 2.22. The highest BCUT2D eigenvalue weighted by atomic mass is 16.5. The molecular weight excluding hydrogens is 452 g/mol. The predicted molar refractivity (Wildman–Crippen MR) is 137 cm³/mol. The van der Waals surface area contributed by atoms with Crippen LogP contribution in [0.3, 0.4) is 0 Å². The molecular formula is C29H26N4O3. The molecule has 0 spiro atoms. The van der Waals surface area contributed by atoms with E-state index in [1.807, 2.05) is 54.6 Å². The number of nitriles is 1. The molecule has 3 aromatic carbocycles. The molecule has 1 atom stereocenters. The quantitative estimate of drug-likeness (QED) is 0.333. The first kappa shape index (κ1) is 24.3. The van der Waals surface area contributed by atoms with Gasteiger partial charge in [0, 0.05) is 18.4 Å². The van der Waals surface area contributed by atoms with Crippen molar-refractivity contribution in [1.82, 2.24) is 10.3 Å². The third-order valence-corrected chi connectivity index (χ3v) is 5.52. The number of nitrogens with one attached hydrogen (secondary N) is 2. The minimum Gasteiger partial charge on any atom is -0.493 e. The van der Waals surface area contributed by atoms with Crippen LogP contribution in [-0.4, -0.2) is 18.0 Å². The number of ether oxygens (including phenoxy) is 2. The number of pyridine rings is 1. The summed E-state index contributed by atoms with van der Waals surface area (Å²) in [6.45, 7) is 0.689. The van der Waals surface area contributed by atoms with E-state index in [9.17, 15) is 4.79 Å². The molecule has 2 N–H and O–H groups in total. The second-order valence-electron chi connectivity index (χ2n) is 7.99. The lowest BCUT2D eigenvalue weighted by molar-refractivity contribution is -0.122. The molecule has 1 aromatic heterocycles. The highest BCUT2D eigenvalue weighted by molar-refractivity contribution is 5.86. The second-order valence-corrected chi connectivity index (χ2v) is 7.99. The van der Waals surface area contributed by atoms with Crippen LogP contribution in [0.15, 0.2) is 97.2 Å². The molecule has 0 aliphatic heterocycles. The fraction of sp³-hybridized carbons (Fsp3) is 0.138. The third-order valence-electron chi connectivity index (χ3n) is 5.52. The topological polar surface area (TPSA) is 96.3 Å². The monoisotopic (exact) mass is 478 g/mol. The molecule has 7 heteroatoms. The van der Waals surface area contributed by atoms with Crippen molar-refractivity contribution < 1.29 is 14.3 Å². The molecule has 0 unspecified atom stereocenters. The van der Waals surface area contributed by atoms with Crippen LogP contribution in [0.1, 0.15) is 28.4 Å². The van der Waals surface area contributed by atoms with Gasteiger partial charge >= 0.3 is 0 Å². The number of methoxy groups -OCH3 is 1. The number of carbonyl (C=O) groups is 1. The minimum absolute atomic E-state index is 0.201. The number of rotatable bonds is 10. The molecule has 4 rings (SSSR count). The Bertz CT molecular complexity index is 1320. The van der Waals surface area contributed by atoms with E-state index in [4.69, 9.17) is 14.7 Å². The molecule has 0 saturated heterocycles. The lowest BCUT2D eigenvalue weighted by Crippen LogP contribution is -2.33. The number of benzene rings is 3. The molecule has 0 aliphatic rings. The molecule has 0 bridgehead atoms. The molecule has 4 aromatic rings. The highest BCUT2D eigenvalue weighted by Crippen LogP contribution is 2.32. The van der Waals surface area contributed by atoms with Crippen molar-refractivity contribution >= 4 is 11.6 Å². The molecule has 1 heterocycles. The van der Waals surface area contributed by atoms with E-state index >= 15 is 0 Å². The Labute approximate surface area is 210 Å². The zero-order valence-electron chi connectivity index (χ0n) is 19.8. The van der Waals surface area contributed by atoms with Crippen LogP contribution >= 0.6 is 0 Å². The molecule has 1 amide bonds. The summed E-state index contributed by atoms with van der Waals surface area (Å²) in [4.78, 5) is 17.6. The van der Waals surface area contributed by atoms with Gasteiger partial charge in [-0.05, 0) is 59.7 Å². The molecule has 0 radical (unpaired) electrons. The molecule has 180 valence electrons. The smallest absolute Gasteiger partial charge is 0.247 e. The lowest BCUT2D eigenvalue weighted by Gasteiger charge is -2.21. The first-order chi connectivity index (χ1) is 17.7. The Balaban J connectivity index is 1.56. The number of aromatic nitrogens is 1. The average Bonchev–Trinajstić information content (AvgIpc) is 2.95. The van der Waals surface area contributed by atoms with Crippen LogP contribution in [0.5, 0.6) is 11.5 Å². The second kappa shape index (κ2) is 12.0. The van der Waals surface area contributed by atoms with Gasteiger partial charge in [-0.25, -0.2) is 0 Å². The summed E-state index contributed by atoms with van der Waals surface area (Å²) < 4.78 is 11.5. The normalized spacial score (nSPS) is 11.1. The largest absolute Gasteiger partial charge is 0.493 e. The maximum atomic E-state index is 13.3. The first-order valence-corrected chi connectivity index (χ1v) is 11.5. The van der Waals surface area contributed by atoms with Gasteiger partial charge in [0.05, 0.1) is 24.4 Å². The Hall–Kier alpha value is -4.83. The van der Waals surface area contributed by atoms with Crippen LogP contribution in [0.25, 0.3) is 0 Å². The number of amides is 1. The van der Waals surface area contributed by atoms with E-state index in [1.165, 1.54) is 0 Å². The van der Waals surface area contributed by atoms with Crippen molar-refractivity contribution in [3.63, 3.8) is 0 Å². The van der Waals surface area contributed by atoms with Crippen molar-refractivity contribution in [3.05, 3.63) is 120 Å². The Morgan fingerprint density at radius 2 is 1.75 bits per heavy atom. The van der Waals surface area contributed by atoms with E-state index in [0.717, 1.165) is 11.3 Å². The van der Waals surface area contributed by atoms with Crippen LogP contribution in [0.2, 0.25) is 0 Å². The number of hydrogen-bond acceptors (Lipinski definition) is 6. The van der Waals surface area contributed by atoms with E-state index in [1.54, 1.807) is 49.7 Å². The maximum Gasteiger partial charge on any atom is 0.247 e. The summed E-state index contributed by atoms with van der Waals surface area (Å²) in [5.41, 5.74) is 3.75. The van der Waals surface area contributed by atoms with Gasteiger partial charge in [-0.3, -0.25) is 9.78 Å². The molecule has 0 aliphatic carbocycles. The van der Waals surface area contributed by atoms with E-state index in [0.29, 0.717) is 41.5 Å². The zero-order chi connectivity index (χ0) is 25.2. The SMILES string of the molecule is COc1cc([C@@H](Nc2ccc(C#N)cc2)C(=O)NCc2ccccc2)ccc1OCc1ccccn1. The van der Waals surface area contributed by atoms with E-state index in [2.05, 4.69) is 21.7 Å². The third kappa shape index (κ3) is 6.39. The number of hydrogen-bond donors (Lipinski definition) is 2. The van der Waals surface area contributed by atoms with Gasteiger partial charge in [-0.15, -0.1) is 0 Å². The molecule has 0 saturated carbocycles. The van der Waals surface area contributed by atoms with Crippen LogP contribution in [-0.2, 0) is 17.9 Å². The first-order valence-electron chi connectivity index (χ1n) is 11.5. The van der Waals surface area contributed by atoms with Crippen LogP contribution < -0.4 is 20.1 Å². The predicted octanol–water partition coefficient (Wildman–Crippen LogP) is 5.01. The Morgan fingerprint density at radius 1 is 0.972 bits per heavy atom. The zero-order valence-corrected chi connectivity index (χ0v) is 19.8. The van der Waals surface area contributed by atoms with Gasteiger partial charge in [0.15, 0.2) is 11.5 Å². The van der Waals surface area contributed by atoms with Gasteiger partial charge < -0.3 is 20.1 Å². The summed E-state index contributed by atoms with van der Waals surface area (Å²) in [6, 6.07) is 29.1. The van der Waals surface area contributed by atoms with Crippen LogP contribution in [0.4, 0.5) is 5.69 Å². The maximum absolute atomic E-state index is 13.3. The van der Waals surface area contributed by atoms with Crippen molar-refractivity contribution in [1.29, 1.82) is 5.26 Å². The molecule has 7 nitrogen and oxygen atoms in total. The van der Waals surface area contributed by atoms with Crippen LogP contribution in [0, 0.1) is 11.3 Å². The van der Waals surface area contributed by atoms with Gasteiger partial charge in [-0.1, -0.05) is 42.5 Å². The fourth-order valence-electron chi connectivity index (χ4n) is 3.61. The number of anilines is 1. The lowest BCUT2D eigenvalue weighted by atomic mass is 10.0. The van der Waals surface area contributed by atoms with Gasteiger partial charge in [-0.2, -0.15) is 5.26 Å². The van der Waals surface area contributed by atoms with E-state index in [-0.39, 0.29) is 5.91 Å². The summed E-state index contributed by atoms with van der Waals surface area (Å²) in [6.07, 6.45) is 1.71. The number of nitrogens with zero attached hydrogens (tertiary/aromatic N) is 2. The van der Waals surface area contributed by atoms with Crippen molar-refractivity contribution in [2.24, 2.45) is 0 Å². The summed E-state index contributed by atoms with van der Waals surface area (Å²) in [5, 5.41) is 15.4. The number of carbonyl (C=O) groups excluding carboxylic acids is 1.